The Hall–Kier alpha value is -1.12. The van der Waals surface area contributed by atoms with Crippen molar-refractivity contribution in [3.05, 3.63) is 34.0 Å². The van der Waals surface area contributed by atoms with Gasteiger partial charge in [-0.2, -0.15) is 0 Å². The second-order valence-electron chi connectivity index (χ2n) is 6.04. The number of pyridine rings is 1. The maximum Gasteiger partial charge on any atom is 0.251 e. The smallest absolute Gasteiger partial charge is 0.251 e. The van der Waals surface area contributed by atoms with Crippen LogP contribution in [0.4, 0.5) is 4.39 Å². The van der Waals surface area contributed by atoms with Crippen LogP contribution in [0.25, 0.3) is 0 Å². The van der Waals surface area contributed by atoms with E-state index in [1.54, 1.807) is 0 Å². The first-order valence-electron chi connectivity index (χ1n) is 7.92. The van der Waals surface area contributed by atoms with Gasteiger partial charge in [0.15, 0.2) is 0 Å². The Balaban J connectivity index is 2.91. The molecule has 0 saturated heterocycles. The lowest BCUT2D eigenvalue weighted by Gasteiger charge is -2.29. The van der Waals surface area contributed by atoms with Crippen LogP contribution in [0.15, 0.2) is 17.1 Å². The van der Waals surface area contributed by atoms with Crippen molar-refractivity contribution in [3.8, 4) is 0 Å². The molecule has 1 unspecified atom stereocenters. The number of nitrogens with one attached hydrogen (secondary N) is 1. The van der Waals surface area contributed by atoms with Gasteiger partial charge in [0.1, 0.15) is 5.82 Å². The zero-order chi connectivity index (χ0) is 15.0. The van der Waals surface area contributed by atoms with E-state index in [9.17, 15) is 9.18 Å². The third-order valence-corrected chi connectivity index (χ3v) is 4.18. The SMILES string of the molecule is CCCCCCC(C)(CCCC)c1cc(F)c[nH]c1=O. The van der Waals surface area contributed by atoms with Crippen LogP contribution in [0.3, 0.4) is 0 Å². The van der Waals surface area contributed by atoms with Crippen LogP contribution < -0.4 is 5.56 Å². The Morgan fingerprint density at radius 1 is 1.10 bits per heavy atom. The second-order valence-corrected chi connectivity index (χ2v) is 6.04. The molecule has 0 saturated carbocycles. The highest BCUT2D eigenvalue weighted by Crippen LogP contribution is 2.33. The highest BCUT2D eigenvalue weighted by atomic mass is 19.1. The lowest BCUT2D eigenvalue weighted by Crippen LogP contribution is -2.30. The molecule has 0 spiro atoms. The maximum atomic E-state index is 13.5. The number of hydrogen-bond acceptors (Lipinski definition) is 1. The fraction of sp³-hybridized carbons (Fsp3) is 0.706. The summed E-state index contributed by atoms with van der Waals surface area (Å²) in [5.74, 6) is -0.351. The predicted molar refractivity (Wildman–Crippen MR) is 82.7 cm³/mol. The van der Waals surface area contributed by atoms with Gasteiger partial charge in [-0.1, -0.05) is 59.3 Å². The van der Waals surface area contributed by atoms with E-state index in [1.807, 2.05) is 0 Å². The third kappa shape index (κ3) is 4.77. The van der Waals surface area contributed by atoms with Gasteiger partial charge in [-0.3, -0.25) is 4.79 Å². The first kappa shape index (κ1) is 16.9. The summed E-state index contributed by atoms with van der Waals surface area (Å²) in [5, 5.41) is 0. The average molecular weight is 281 g/mol. The summed E-state index contributed by atoms with van der Waals surface area (Å²) < 4.78 is 13.5. The Kier molecular flexibility index (Phi) is 6.97. The number of hydrogen-bond donors (Lipinski definition) is 1. The molecule has 0 aromatic carbocycles. The van der Waals surface area contributed by atoms with E-state index in [2.05, 4.69) is 25.8 Å². The van der Waals surface area contributed by atoms with Gasteiger partial charge in [-0.25, -0.2) is 4.39 Å². The summed E-state index contributed by atoms with van der Waals surface area (Å²) >= 11 is 0. The van der Waals surface area contributed by atoms with E-state index < -0.39 is 0 Å². The molecule has 1 N–H and O–H groups in total. The fourth-order valence-electron chi connectivity index (χ4n) is 2.81. The Labute approximate surface area is 121 Å². The first-order chi connectivity index (χ1) is 9.53. The monoisotopic (exact) mass is 281 g/mol. The normalized spacial score (nSPS) is 14.2. The van der Waals surface area contributed by atoms with Crippen molar-refractivity contribution in [1.29, 1.82) is 0 Å². The van der Waals surface area contributed by atoms with E-state index in [-0.39, 0.29) is 16.8 Å². The van der Waals surface area contributed by atoms with Crippen molar-refractivity contribution < 1.29 is 4.39 Å². The summed E-state index contributed by atoms with van der Waals surface area (Å²) in [6.45, 7) is 6.44. The number of unbranched alkanes of at least 4 members (excludes halogenated alkanes) is 4. The molecule has 2 nitrogen and oxygen atoms in total. The average Bonchev–Trinajstić information content (AvgIpc) is 2.44. The second kappa shape index (κ2) is 8.23. The van der Waals surface area contributed by atoms with Gasteiger partial charge in [0.2, 0.25) is 0 Å². The number of aromatic amines is 1. The number of halogens is 1. The minimum atomic E-state index is -0.351. The molecule has 20 heavy (non-hydrogen) atoms. The lowest BCUT2D eigenvalue weighted by atomic mass is 9.75. The third-order valence-electron chi connectivity index (χ3n) is 4.18. The topological polar surface area (TPSA) is 32.9 Å². The van der Waals surface area contributed by atoms with Crippen LogP contribution in [0, 0.1) is 5.82 Å². The molecule has 0 amide bonds. The van der Waals surface area contributed by atoms with Crippen molar-refractivity contribution in [1.82, 2.24) is 4.98 Å². The minimum Gasteiger partial charge on any atom is -0.326 e. The zero-order valence-electron chi connectivity index (χ0n) is 13.1. The standard InChI is InChI=1S/C17H28FNO/c1-4-6-8-9-11-17(3,10-7-5-2)15-12-14(18)13-19-16(15)20/h12-13H,4-11H2,1-3H3,(H,19,20). The Morgan fingerprint density at radius 2 is 1.75 bits per heavy atom. The molecule has 0 bridgehead atoms. The molecule has 1 aromatic heterocycles. The molecule has 1 aromatic rings. The quantitative estimate of drug-likeness (QED) is 0.639. The zero-order valence-corrected chi connectivity index (χ0v) is 13.1. The molecular formula is C17H28FNO. The summed E-state index contributed by atoms with van der Waals surface area (Å²) in [5.41, 5.74) is 0.266. The molecule has 0 aliphatic heterocycles. The summed E-state index contributed by atoms with van der Waals surface area (Å²) in [4.78, 5) is 14.6. The predicted octanol–water partition coefficient (Wildman–Crippen LogP) is 4.93. The van der Waals surface area contributed by atoms with E-state index in [0.717, 1.165) is 38.3 Å². The van der Waals surface area contributed by atoms with Gasteiger partial charge in [0.05, 0.1) is 0 Å². The van der Waals surface area contributed by atoms with E-state index >= 15 is 0 Å². The van der Waals surface area contributed by atoms with Crippen LogP contribution in [0.1, 0.15) is 77.7 Å². The van der Waals surface area contributed by atoms with Crippen molar-refractivity contribution in [2.45, 2.75) is 77.6 Å². The molecule has 0 aliphatic carbocycles. The van der Waals surface area contributed by atoms with Crippen molar-refractivity contribution in [2.75, 3.05) is 0 Å². The largest absolute Gasteiger partial charge is 0.326 e. The summed E-state index contributed by atoms with van der Waals surface area (Å²) in [6, 6.07) is 1.42. The fourth-order valence-corrected chi connectivity index (χ4v) is 2.81. The number of rotatable bonds is 9. The number of aromatic nitrogens is 1. The highest BCUT2D eigenvalue weighted by Gasteiger charge is 2.28. The van der Waals surface area contributed by atoms with Gasteiger partial charge in [0, 0.05) is 11.8 Å². The Bertz CT molecular complexity index is 455. The van der Waals surface area contributed by atoms with Crippen molar-refractivity contribution in [2.24, 2.45) is 0 Å². The molecule has 1 heterocycles. The summed E-state index contributed by atoms with van der Waals surface area (Å²) in [7, 11) is 0. The molecular weight excluding hydrogens is 253 g/mol. The molecule has 0 aliphatic rings. The molecule has 1 atom stereocenters. The van der Waals surface area contributed by atoms with Crippen LogP contribution in [0.2, 0.25) is 0 Å². The molecule has 0 fully saturated rings. The van der Waals surface area contributed by atoms with Gasteiger partial charge >= 0.3 is 0 Å². The minimum absolute atomic E-state index is 0.138. The van der Waals surface area contributed by atoms with Crippen molar-refractivity contribution >= 4 is 0 Å². The molecule has 0 radical (unpaired) electrons. The summed E-state index contributed by atoms with van der Waals surface area (Å²) in [6.07, 6.45) is 9.92. The molecule has 114 valence electrons. The number of H-pyrrole nitrogens is 1. The van der Waals surface area contributed by atoms with E-state index in [1.165, 1.54) is 25.3 Å². The van der Waals surface area contributed by atoms with Crippen LogP contribution in [-0.4, -0.2) is 4.98 Å². The van der Waals surface area contributed by atoms with E-state index in [4.69, 9.17) is 0 Å². The van der Waals surface area contributed by atoms with Gasteiger partial charge in [-0.05, 0) is 24.3 Å². The van der Waals surface area contributed by atoms with Gasteiger partial charge in [0.25, 0.3) is 5.56 Å². The first-order valence-corrected chi connectivity index (χ1v) is 7.92. The van der Waals surface area contributed by atoms with E-state index in [0.29, 0.717) is 5.56 Å². The van der Waals surface area contributed by atoms with Crippen LogP contribution >= 0.6 is 0 Å². The lowest BCUT2D eigenvalue weighted by molar-refractivity contribution is 0.364. The van der Waals surface area contributed by atoms with Gasteiger partial charge in [-0.15, -0.1) is 0 Å². The maximum absolute atomic E-state index is 13.5. The molecule has 1 rings (SSSR count). The molecule has 3 heteroatoms. The van der Waals surface area contributed by atoms with Crippen LogP contribution in [0.5, 0.6) is 0 Å². The Morgan fingerprint density at radius 3 is 2.40 bits per heavy atom. The highest BCUT2D eigenvalue weighted by molar-refractivity contribution is 5.21. The van der Waals surface area contributed by atoms with Gasteiger partial charge < -0.3 is 4.98 Å². The van der Waals surface area contributed by atoms with Crippen molar-refractivity contribution in [3.63, 3.8) is 0 Å². The van der Waals surface area contributed by atoms with Crippen LogP contribution in [-0.2, 0) is 5.41 Å².